The minimum absolute atomic E-state index is 0.821. The quantitative estimate of drug-likeness (QED) is 0.248. The molecule has 0 N–H and O–H groups in total. The normalized spacial score (nSPS) is 13.5. The molecule has 0 unspecified atom stereocenters. The molecule has 1 heterocycles. The average molecular weight is 462 g/mol. The van der Waals surface area contributed by atoms with Crippen molar-refractivity contribution >= 4 is 57.9 Å². The Morgan fingerprint density at radius 2 is 1.18 bits per heavy atom. The Morgan fingerprint density at radius 3 is 1.82 bits per heavy atom. The van der Waals surface area contributed by atoms with E-state index in [1.165, 1.54) is 38.0 Å². The summed E-state index contributed by atoms with van der Waals surface area (Å²) in [6.07, 6.45) is 0. The van der Waals surface area contributed by atoms with Gasteiger partial charge in [-0.3, -0.25) is 0 Å². The Hall–Kier alpha value is -3.33. The van der Waals surface area contributed by atoms with Gasteiger partial charge >= 0.3 is 0 Å². The molecule has 0 radical (unpaired) electrons. The molecule has 0 spiro atoms. The summed E-state index contributed by atoms with van der Waals surface area (Å²) >= 11 is 6.47. The highest BCUT2D eigenvalue weighted by atomic mass is 35.5. The second-order valence-electron chi connectivity index (χ2n) is 9.19. The Morgan fingerprint density at radius 1 is 0.606 bits per heavy atom. The number of hydrogen-bond acceptors (Lipinski definition) is 1. The fraction of sp³-hybridized carbons (Fsp3) is 0.0667. The van der Waals surface area contributed by atoms with E-state index in [0.717, 1.165) is 16.4 Å². The molecular weight excluding hydrogens is 438 g/mol. The molecular formula is C30H24ClNSi. The summed E-state index contributed by atoms with van der Waals surface area (Å²) in [5.41, 5.74) is 6.19. The summed E-state index contributed by atoms with van der Waals surface area (Å²) in [6.45, 7) is 4.90. The predicted octanol–water partition coefficient (Wildman–Crippen LogP) is 7.77. The predicted molar refractivity (Wildman–Crippen MR) is 146 cm³/mol. The average Bonchev–Trinajstić information content (AvgIpc) is 3.07. The van der Waals surface area contributed by atoms with Crippen molar-refractivity contribution in [2.75, 3.05) is 4.90 Å². The second kappa shape index (κ2) is 7.62. The van der Waals surface area contributed by atoms with Gasteiger partial charge in [-0.15, -0.1) is 0 Å². The van der Waals surface area contributed by atoms with Crippen molar-refractivity contribution in [1.82, 2.24) is 0 Å². The van der Waals surface area contributed by atoms with Crippen LogP contribution in [0.3, 0.4) is 0 Å². The molecule has 1 aliphatic rings. The summed E-state index contributed by atoms with van der Waals surface area (Å²) in [7, 11) is -1.90. The van der Waals surface area contributed by atoms with Crippen LogP contribution in [-0.4, -0.2) is 8.07 Å². The van der Waals surface area contributed by atoms with E-state index in [1.807, 2.05) is 6.07 Å². The minimum atomic E-state index is -1.90. The third-order valence-corrected chi connectivity index (χ3v) is 10.6. The van der Waals surface area contributed by atoms with E-state index in [9.17, 15) is 0 Å². The van der Waals surface area contributed by atoms with Crippen LogP contribution in [0.4, 0.5) is 17.1 Å². The lowest BCUT2D eigenvalue weighted by atomic mass is 9.98. The fourth-order valence-corrected chi connectivity index (χ4v) is 9.12. The molecule has 1 aliphatic heterocycles. The number of anilines is 3. The van der Waals surface area contributed by atoms with Crippen molar-refractivity contribution in [3.63, 3.8) is 0 Å². The SMILES string of the molecule is C[Si]1(C)c2cc(Cl)ccc2-c2cc(N(c3ccccc3)c3ccccc3)c3ccccc3c21. The summed E-state index contributed by atoms with van der Waals surface area (Å²) in [5, 5.41) is 6.40. The number of fused-ring (bicyclic) bond motifs is 5. The van der Waals surface area contributed by atoms with Crippen LogP contribution in [0.1, 0.15) is 0 Å². The lowest BCUT2D eigenvalue weighted by Crippen LogP contribution is -2.49. The maximum absolute atomic E-state index is 6.47. The maximum Gasteiger partial charge on any atom is 0.114 e. The van der Waals surface area contributed by atoms with Crippen LogP contribution in [0.5, 0.6) is 0 Å². The van der Waals surface area contributed by atoms with Gasteiger partial charge in [0.1, 0.15) is 8.07 Å². The van der Waals surface area contributed by atoms with Crippen molar-refractivity contribution in [3.8, 4) is 11.1 Å². The molecule has 5 aromatic rings. The van der Waals surface area contributed by atoms with E-state index in [4.69, 9.17) is 11.6 Å². The molecule has 0 saturated carbocycles. The topological polar surface area (TPSA) is 3.24 Å². The Balaban J connectivity index is 1.72. The number of hydrogen-bond donors (Lipinski definition) is 0. The Labute approximate surface area is 200 Å². The molecule has 6 rings (SSSR count). The van der Waals surface area contributed by atoms with Gasteiger partial charge in [-0.2, -0.15) is 0 Å². The molecule has 0 saturated heterocycles. The van der Waals surface area contributed by atoms with Gasteiger partial charge in [-0.1, -0.05) is 91.4 Å². The van der Waals surface area contributed by atoms with E-state index in [0.29, 0.717) is 0 Å². The zero-order chi connectivity index (χ0) is 22.6. The van der Waals surface area contributed by atoms with Gasteiger partial charge in [0.25, 0.3) is 0 Å². The summed E-state index contributed by atoms with van der Waals surface area (Å²) < 4.78 is 0. The maximum atomic E-state index is 6.47. The number of nitrogens with zero attached hydrogens (tertiary/aromatic N) is 1. The standard InChI is InChI=1S/C30H24ClNSi/c1-33(2)29-19-21(31)17-18-25(29)27-20-28(24-15-9-10-16-26(24)30(27)33)32(22-11-5-3-6-12-22)23-13-7-4-8-14-23/h3-20H,1-2H3. The van der Waals surface area contributed by atoms with Crippen LogP contribution >= 0.6 is 11.6 Å². The van der Waals surface area contributed by atoms with Crippen molar-refractivity contribution in [2.45, 2.75) is 13.1 Å². The first kappa shape index (κ1) is 20.3. The van der Waals surface area contributed by atoms with E-state index in [2.05, 4.69) is 121 Å². The van der Waals surface area contributed by atoms with Gasteiger partial charge in [-0.25, -0.2) is 0 Å². The molecule has 0 amide bonds. The Kier molecular flexibility index (Phi) is 4.68. The highest BCUT2D eigenvalue weighted by Gasteiger charge is 2.39. The van der Waals surface area contributed by atoms with Crippen LogP contribution < -0.4 is 15.3 Å². The highest BCUT2D eigenvalue weighted by Crippen LogP contribution is 2.43. The molecule has 3 heteroatoms. The zero-order valence-corrected chi connectivity index (χ0v) is 20.5. The molecule has 0 aromatic heterocycles. The van der Waals surface area contributed by atoms with E-state index >= 15 is 0 Å². The highest BCUT2D eigenvalue weighted by molar-refractivity contribution is 7.05. The first-order valence-corrected chi connectivity index (χ1v) is 14.7. The monoisotopic (exact) mass is 461 g/mol. The van der Waals surface area contributed by atoms with Gasteiger partial charge in [0, 0.05) is 21.8 Å². The van der Waals surface area contributed by atoms with Gasteiger partial charge in [-0.05, 0) is 69.4 Å². The molecule has 160 valence electrons. The molecule has 0 aliphatic carbocycles. The minimum Gasteiger partial charge on any atom is -0.310 e. The third kappa shape index (κ3) is 3.13. The number of para-hydroxylation sites is 2. The summed E-state index contributed by atoms with van der Waals surface area (Å²) in [5.74, 6) is 0. The molecule has 0 fully saturated rings. The van der Waals surface area contributed by atoms with Crippen LogP contribution in [0.15, 0.2) is 109 Å². The van der Waals surface area contributed by atoms with E-state index < -0.39 is 8.07 Å². The van der Waals surface area contributed by atoms with Crippen molar-refractivity contribution in [3.05, 3.63) is 114 Å². The Bertz CT molecular complexity index is 1450. The van der Waals surface area contributed by atoms with Gasteiger partial charge in [0.05, 0.1) is 5.69 Å². The van der Waals surface area contributed by atoms with Crippen LogP contribution in [0, 0.1) is 0 Å². The van der Waals surface area contributed by atoms with Crippen LogP contribution in [0.25, 0.3) is 21.9 Å². The van der Waals surface area contributed by atoms with E-state index in [1.54, 1.807) is 0 Å². The molecule has 0 atom stereocenters. The number of halogens is 1. The van der Waals surface area contributed by atoms with Gasteiger partial charge in [0.2, 0.25) is 0 Å². The van der Waals surface area contributed by atoms with Crippen molar-refractivity contribution < 1.29 is 0 Å². The van der Waals surface area contributed by atoms with E-state index in [-0.39, 0.29) is 0 Å². The number of benzene rings is 5. The van der Waals surface area contributed by atoms with Crippen molar-refractivity contribution in [1.29, 1.82) is 0 Å². The van der Waals surface area contributed by atoms with Gasteiger partial charge < -0.3 is 4.90 Å². The van der Waals surface area contributed by atoms with Crippen LogP contribution in [0.2, 0.25) is 18.1 Å². The first-order chi connectivity index (χ1) is 16.1. The second-order valence-corrected chi connectivity index (χ2v) is 13.9. The first-order valence-electron chi connectivity index (χ1n) is 11.3. The molecule has 0 bridgehead atoms. The summed E-state index contributed by atoms with van der Waals surface area (Å²) in [4.78, 5) is 2.38. The fourth-order valence-electron chi connectivity index (χ4n) is 5.41. The molecule has 1 nitrogen and oxygen atoms in total. The zero-order valence-electron chi connectivity index (χ0n) is 18.7. The van der Waals surface area contributed by atoms with Crippen LogP contribution in [-0.2, 0) is 0 Å². The lowest BCUT2D eigenvalue weighted by molar-refractivity contribution is 1.30. The molecule has 33 heavy (non-hydrogen) atoms. The number of rotatable bonds is 3. The molecule has 5 aromatic carbocycles. The third-order valence-electron chi connectivity index (χ3n) is 6.86. The summed E-state index contributed by atoms with van der Waals surface area (Å²) in [6, 6.07) is 39.0. The largest absolute Gasteiger partial charge is 0.310 e. The van der Waals surface area contributed by atoms with Gasteiger partial charge in [0.15, 0.2) is 0 Å². The lowest BCUT2D eigenvalue weighted by Gasteiger charge is -2.29. The van der Waals surface area contributed by atoms with Crippen molar-refractivity contribution in [2.24, 2.45) is 0 Å². The smallest absolute Gasteiger partial charge is 0.114 e.